The van der Waals surface area contributed by atoms with Gasteiger partial charge in [0.15, 0.2) is 6.10 Å². The molecular formula is C28H24ClFN2O3. The molecular weight excluding hydrogens is 467 g/mol. The topological polar surface area (TPSA) is 54.8 Å². The van der Waals surface area contributed by atoms with Crippen LogP contribution in [0.5, 0.6) is 17.2 Å². The van der Waals surface area contributed by atoms with Gasteiger partial charge in [-0.05, 0) is 48.0 Å². The molecule has 2 aliphatic heterocycles. The van der Waals surface area contributed by atoms with Gasteiger partial charge in [-0.1, -0.05) is 23.7 Å². The molecule has 1 aromatic heterocycles. The normalized spacial score (nSPS) is 17.4. The number of aromatic hydroxyl groups is 1. The number of alkyl halides is 1. The lowest BCUT2D eigenvalue weighted by Gasteiger charge is -2.37. The van der Waals surface area contributed by atoms with E-state index in [4.69, 9.17) is 21.1 Å². The zero-order valence-corrected chi connectivity index (χ0v) is 19.7. The Morgan fingerprint density at radius 1 is 1.06 bits per heavy atom. The van der Waals surface area contributed by atoms with Crippen molar-refractivity contribution in [3.63, 3.8) is 0 Å². The molecule has 2 aliphatic rings. The van der Waals surface area contributed by atoms with Crippen LogP contribution in [-0.2, 0) is 0 Å². The number of aromatic nitrogens is 1. The van der Waals surface area contributed by atoms with Crippen molar-refractivity contribution in [2.45, 2.75) is 6.10 Å². The Kier molecular flexibility index (Phi) is 5.71. The Morgan fingerprint density at radius 3 is 2.69 bits per heavy atom. The number of halogens is 2. The first-order valence-electron chi connectivity index (χ1n) is 11.7. The van der Waals surface area contributed by atoms with E-state index in [-0.39, 0.29) is 24.4 Å². The molecule has 6 rings (SSSR count). The van der Waals surface area contributed by atoms with Gasteiger partial charge in [-0.3, -0.25) is 14.3 Å². The second-order valence-corrected chi connectivity index (χ2v) is 9.56. The third-order valence-electron chi connectivity index (χ3n) is 6.75. The van der Waals surface area contributed by atoms with E-state index in [2.05, 4.69) is 9.88 Å². The summed E-state index contributed by atoms with van der Waals surface area (Å²) in [7, 11) is 0. The van der Waals surface area contributed by atoms with Crippen LogP contribution in [0, 0.1) is 5.92 Å². The highest BCUT2D eigenvalue weighted by molar-refractivity contribution is 6.30. The van der Waals surface area contributed by atoms with Crippen molar-refractivity contribution in [3.8, 4) is 28.4 Å². The molecule has 1 fully saturated rings. The summed E-state index contributed by atoms with van der Waals surface area (Å²) in [6.45, 7) is 2.73. The van der Waals surface area contributed by atoms with E-state index in [0.717, 1.165) is 53.0 Å². The van der Waals surface area contributed by atoms with Crippen molar-refractivity contribution < 1.29 is 19.0 Å². The maximum absolute atomic E-state index is 12.6. The molecule has 35 heavy (non-hydrogen) atoms. The fourth-order valence-corrected chi connectivity index (χ4v) is 5.09. The van der Waals surface area contributed by atoms with Crippen molar-refractivity contribution >= 4 is 22.5 Å². The molecule has 178 valence electrons. The Bertz CT molecular complexity index is 1390. The predicted molar refractivity (Wildman–Crippen MR) is 134 cm³/mol. The molecule has 0 radical (unpaired) electrons. The number of nitrogens with zero attached hydrogens (tertiary/aromatic N) is 2. The highest BCUT2D eigenvalue weighted by atomic mass is 35.5. The number of rotatable bonds is 6. The molecule has 1 saturated heterocycles. The number of hydrogen-bond donors (Lipinski definition) is 1. The zero-order valence-electron chi connectivity index (χ0n) is 19.0. The van der Waals surface area contributed by atoms with Crippen molar-refractivity contribution in [1.29, 1.82) is 0 Å². The molecule has 0 aliphatic carbocycles. The molecule has 3 heterocycles. The van der Waals surface area contributed by atoms with Gasteiger partial charge in [0.25, 0.3) is 0 Å². The van der Waals surface area contributed by atoms with E-state index < -0.39 is 0 Å². The summed E-state index contributed by atoms with van der Waals surface area (Å²) < 4.78 is 25.0. The molecule has 5 nitrogen and oxygen atoms in total. The lowest BCUT2D eigenvalue weighted by molar-refractivity contribution is 0.0668. The highest BCUT2D eigenvalue weighted by Gasteiger charge is 2.30. The Morgan fingerprint density at radius 2 is 1.89 bits per heavy atom. The first kappa shape index (κ1) is 22.1. The number of hydrogen-bond acceptors (Lipinski definition) is 5. The fourth-order valence-electron chi connectivity index (χ4n) is 4.93. The lowest BCUT2D eigenvalue weighted by Crippen LogP contribution is -2.49. The van der Waals surface area contributed by atoms with Crippen molar-refractivity contribution in [2.24, 2.45) is 5.92 Å². The second-order valence-electron chi connectivity index (χ2n) is 9.12. The van der Waals surface area contributed by atoms with Gasteiger partial charge in [0, 0.05) is 64.9 Å². The van der Waals surface area contributed by atoms with Crippen LogP contribution in [0.2, 0.25) is 5.02 Å². The van der Waals surface area contributed by atoms with Crippen LogP contribution < -0.4 is 9.47 Å². The standard InChI is InChI=1S/C28H24ClFN2O3/c29-19-3-7-22-24-14-31-25-12-20(33)4-8-23(25)27(24)28(35-26(22)11-19)18-1-5-21(6-2-18)34-10-9-32-15-17(13-30)16-32/h1-8,11-12,14,17,28,33H,9-10,13,15-16H2/t28-/m1/s1. The van der Waals surface area contributed by atoms with Gasteiger partial charge in [-0.25, -0.2) is 0 Å². The maximum atomic E-state index is 12.6. The van der Waals surface area contributed by atoms with Crippen molar-refractivity contribution in [2.75, 3.05) is 32.9 Å². The molecule has 0 amide bonds. The summed E-state index contributed by atoms with van der Waals surface area (Å²) in [4.78, 5) is 6.79. The number of pyridine rings is 1. The molecule has 0 unspecified atom stereocenters. The van der Waals surface area contributed by atoms with Gasteiger partial charge in [-0.2, -0.15) is 0 Å². The minimum Gasteiger partial charge on any atom is -0.508 e. The zero-order chi connectivity index (χ0) is 23.9. The van der Waals surface area contributed by atoms with Crippen LogP contribution in [0.15, 0.2) is 66.9 Å². The molecule has 1 N–H and O–H groups in total. The molecule has 3 aromatic carbocycles. The maximum Gasteiger partial charge on any atom is 0.150 e. The van der Waals surface area contributed by atoms with E-state index in [9.17, 15) is 9.50 Å². The summed E-state index contributed by atoms with van der Waals surface area (Å²) in [6.07, 6.45) is 1.46. The van der Waals surface area contributed by atoms with Crippen LogP contribution in [0.3, 0.4) is 0 Å². The average Bonchev–Trinajstić information content (AvgIpc) is 2.84. The van der Waals surface area contributed by atoms with Gasteiger partial charge < -0.3 is 14.6 Å². The SMILES string of the molecule is Oc1ccc2c3c(cnc2c1)-c1ccc(Cl)cc1O[C@@H]3c1ccc(OCCN2CC(CF)C2)cc1. The van der Waals surface area contributed by atoms with E-state index in [1.807, 2.05) is 54.7 Å². The number of phenolic OH excluding ortho intramolecular Hbond substituents is 1. The van der Waals surface area contributed by atoms with Crippen molar-refractivity contribution in [1.82, 2.24) is 9.88 Å². The third kappa shape index (κ3) is 4.17. The van der Waals surface area contributed by atoms with Gasteiger partial charge in [0.05, 0.1) is 12.2 Å². The van der Waals surface area contributed by atoms with Crippen LogP contribution >= 0.6 is 11.6 Å². The Labute approximate surface area is 207 Å². The molecule has 7 heteroatoms. The molecule has 0 saturated carbocycles. The first-order chi connectivity index (χ1) is 17.1. The third-order valence-corrected chi connectivity index (χ3v) is 6.98. The van der Waals surface area contributed by atoms with Crippen LogP contribution in [0.25, 0.3) is 22.0 Å². The number of likely N-dealkylation sites (tertiary alicyclic amines) is 1. The van der Waals surface area contributed by atoms with Gasteiger partial charge in [0.1, 0.15) is 23.9 Å². The van der Waals surface area contributed by atoms with E-state index in [1.165, 1.54) is 0 Å². The van der Waals surface area contributed by atoms with Gasteiger partial charge >= 0.3 is 0 Å². The summed E-state index contributed by atoms with van der Waals surface area (Å²) in [5.74, 6) is 1.84. The van der Waals surface area contributed by atoms with Crippen LogP contribution in [-0.4, -0.2) is 47.9 Å². The summed E-state index contributed by atoms with van der Waals surface area (Å²) in [5.41, 5.74) is 4.59. The van der Waals surface area contributed by atoms with Crippen LogP contribution in [0.1, 0.15) is 17.2 Å². The number of ether oxygens (including phenoxy) is 2. The molecule has 0 spiro atoms. The predicted octanol–water partition coefficient (Wildman–Crippen LogP) is 6.02. The summed E-state index contributed by atoms with van der Waals surface area (Å²) in [6, 6.07) is 18.7. The van der Waals surface area contributed by atoms with E-state index in [1.54, 1.807) is 12.1 Å². The second kappa shape index (κ2) is 9.02. The smallest absolute Gasteiger partial charge is 0.150 e. The van der Waals surface area contributed by atoms with E-state index in [0.29, 0.717) is 22.9 Å². The fraction of sp³-hybridized carbons (Fsp3) is 0.250. The minimum absolute atomic E-state index is 0.172. The minimum atomic E-state index is -0.376. The average molecular weight is 491 g/mol. The number of benzene rings is 3. The van der Waals surface area contributed by atoms with Gasteiger partial charge in [-0.15, -0.1) is 0 Å². The summed E-state index contributed by atoms with van der Waals surface area (Å²) >= 11 is 6.27. The number of fused-ring (bicyclic) bond motifs is 5. The monoisotopic (exact) mass is 490 g/mol. The lowest BCUT2D eigenvalue weighted by atomic mass is 9.88. The van der Waals surface area contributed by atoms with Gasteiger partial charge in [0.2, 0.25) is 0 Å². The highest BCUT2D eigenvalue weighted by Crippen LogP contribution is 2.48. The quantitative estimate of drug-likeness (QED) is 0.358. The number of phenols is 1. The van der Waals surface area contributed by atoms with Crippen LogP contribution in [0.4, 0.5) is 4.39 Å². The largest absolute Gasteiger partial charge is 0.508 e. The molecule has 4 aromatic rings. The Balaban J connectivity index is 1.30. The molecule has 1 atom stereocenters. The van der Waals surface area contributed by atoms with Crippen molar-refractivity contribution in [3.05, 3.63) is 83.0 Å². The van der Waals surface area contributed by atoms with E-state index >= 15 is 0 Å². The summed E-state index contributed by atoms with van der Waals surface area (Å²) in [5, 5.41) is 11.5. The first-order valence-corrected chi connectivity index (χ1v) is 12.1. The Hall–Kier alpha value is -3.35. The molecule has 0 bridgehead atoms.